The summed E-state index contributed by atoms with van der Waals surface area (Å²) in [5, 5.41) is 21.5. The zero-order chi connectivity index (χ0) is 11.8. The molecule has 2 N–H and O–H groups in total. The second-order valence-electron chi connectivity index (χ2n) is 3.80. The molecule has 0 aromatic heterocycles. The van der Waals surface area contributed by atoms with Crippen LogP contribution in [0.1, 0.15) is 31.4 Å². The van der Waals surface area contributed by atoms with Crippen molar-refractivity contribution in [3.05, 3.63) is 35.9 Å². The van der Waals surface area contributed by atoms with E-state index in [-0.39, 0.29) is 12.1 Å². The van der Waals surface area contributed by atoms with Gasteiger partial charge in [-0.1, -0.05) is 37.3 Å². The van der Waals surface area contributed by atoms with Crippen molar-refractivity contribution in [2.75, 3.05) is 6.54 Å². The van der Waals surface area contributed by atoms with Crippen LogP contribution in [0.2, 0.25) is 0 Å². The van der Waals surface area contributed by atoms with Crippen molar-refractivity contribution in [3.63, 3.8) is 0 Å². The van der Waals surface area contributed by atoms with Gasteiger partial charge in [0.25, 0.3) is 0 Å². The van der Waals surface area contributed by atoms with Gasteiger partial charge < -0.3 is 10.4 Å². The van der Waals surface area contributed by atoms with Crippen molar-refractivity contribution in [1.82, 2.24) is 5.32 Å². The summed E-state index contributed by atoms with van der Waals surface area (Å²) in [5.74, 6) is 0. The van der Waals surface area contributed by atoms with Gasteiger partial charge in [0.1, 0.15) is 0 Å². The smallest absolute Gasteiger partial charge is 0.0662 e. The zero-order valence-electron chi connectivity index (χ0n) is 9.56. The summed E-state index contributed by atoms with van der Waals surface area (Å²) in [5.41, 5.74) is 1.09. The van der Waals surface area contributed by atoms with Crippen LogP contribution in [0, 0.1) is 11.3 Å². The number of aliphatic hydroxyl groups is 1. The molecule has 16 heavy (non-hydrogen) atoms. The lowest BCUT2D eigenvalue weighted by Gasteiger charge is -2.18. The predicted molar refractivity (Wildman–Crippen MR) is 63.7 cm³/mol. The molecular weight excluding hydrogens is 200 g/mol. The van der Waals surface area contributed by atoms with Crippen LogP contribution in [-0.4, -0.2) is 17.8 Å². The third-order valence-electron chi connectivity index (χ3n) is 2.57. The molecule has 1 aromatic rings. The second kappa shape index (κ2) is 7.00. The van der Waals surface area contributed by atoms with Gasteiger partial charge in [-0.25, -0.2) is 0 Å². The monoisotopic (exact) mass is 218 g/mol. The second-order valence-corrected chi connectivity index (χ2v) is 3.80. The number of hydrogen-bond acceptors (Lipinski definition) is 3. The van der Waals surface area contributed by atoms with Gasteiger partial charge in [0.05, 0.1) is 18.6 Å². The summed E-state index contributed by atoms with van der Waals surface area (Å²) in [6.45, 7) is 2.46. The number of nitrogens with one attached hydrogen (secondary N) is 1. The van der Waals surface area contributed by atoms with Crippen LogP contribution in [-0.2, 0) is 0 Å². The standard InChI is InChI=1S/C13H18N2O/c1-2-12(16)10-15-13(8-9-14)11-6-4-3-5-7-11/h3-7,12-13,15-16H,2,8,10H2,1H3. The lowest BCUT2D eigenvalue weighted by Crippen LogP contribution is -2.29. The van der Waals surface area contributed by atoms with Crippen molar-refractivity contribution >= 4 is 0 Å². The number of nitriles is 1. The van der Waals surface area contributed by atoms with Gasteiger partial charge in [-0.3, -0.25) is 0 Å². The molecule has 0 amide bonds. The van der Waals surface area contributed by atoms with E-state index in [0.29, 0.717) is 13.0 Å². The number of benzene rings is 1. The first kappa shape index (κ1) is 12.7. The minimum absolute atomic E-state index is 0.00685. The molecule has 0 saturated heterocycles. The molecule has 1 aromatic carbocycles. The molecule has 3 nitrogen and oxygen atoms in total. The lowest BCUT2D eigenvalue weighted by molar-refractivity contribution is 0.163. The van der Waals surface area contributed by atoms with Crippen molar-refractivity contribution < 1.29 is 5.11 Å². The first-order chi connectivity index (χ1) is 7.77. The molecule has 0 saturated carbocycles. The van der Waals surface area contributed by atoms with E-state index in [1.807, 2.05) is 37.3 Å². The normalized spacial score (nSPS) is 14.1. The largest absolute Gasteiger partial charge is 0.392 e. The third-order valence-corrected chi connectivity index (χ3v) is 2.57. The molecule has 0 aliphatic heterocycles. The fraction of sp³-hybridized carbons (Fsp3) is 0.462. The van der Waals surface area contributed by atoms with E-state index in [2.05, 4.69) is 11.4 Å². The SMILES string of the molecule is CCC(O)CNC(CC#N)c1ccccc1. The van der Waals surface area contributed by atoms with E-state index in [0.717, 1.165) is 12.0 Å². The van der Waals surface area contributed by atoms with Crippen LogP contribution in [0.5, 0.6) is 0 Å². The highest BCUT2D eigenvalue weighted by molar-refractivity contribution is 5.19. The van der Waals surface area contributed by atoms with Crippen molar-refractivity contribution in [3.8, 4) is 6.07 Å². The summed E-state index contributed by atoms with van der Waals surface area (Å²) in [4.78, 5) is 0. The van der Waals surface area contributed by atoms with E-state index in [1.165, 1.54) is 0 Å². The molecule has 0 aliphatic rings. The lowest BCUT2D eigenvalue weighted by atomic mass is 10.0. The highest BCUT2D eigenvalue weighted by atomic mass is 16.3. The number of nitrogens with zero attached hydrogens (tertiary/aromatic N) is 1. The van der Waals surface area contributed by atoms with Crippen LogP contribution in [0.15, 0.2) is 30.3 Å². The van der Waals surface area contributed by atoms with E-state index < -0.39 is 0 Å². The Morgan fingerprint density at radius 2 is 2.06 bits per heavy atom. The molecule has 86 valence electrons. The predicted octanol–water partition coefficient (Wildman–Crippen LogP) is 2.00. The third kappa shape index (κ3) is 4.01. The fourth-order valence-corrected chi connectivity index (χ4v) is 1.51. The summed E-state index contributed by atoms with van der Waals surface area (Å²) >= 11 is 0. The van der Waals surface area contributed by atoms with Crippen molar-refractivity contribution in [1.29, 1.82) is 5.26 Å². The van der Waals surface area contributed by atoms with Gasteiger partial charge >= 0.3 is 0 Å². The van der Waals surface area contributed by atoms with E-state index in [4.69, 9.17) is 5.26 Å². The quantitative estimate of drug-likeness (QED) is 0.768. The van der Waals surface area contributed by atoms with Gasteiger partial charge in [0, 0.05) is 12.6 Å². The first-order valence-electron chi connectivity index (χ1n) is 5.61. The van der Waals surface area contributed by atoms with E-state index in [9.17, 15) is 5.11 Å². The van der Waals surface area contributed by atoms with Crippen LogP contribution in [0.3, 0.4) is 0 Å². The Labute approximate surface area is 96.7 Å². The van der Waals surface area contributed by atoms with E-state index >= 15 is 0 Å². The number of aliphatic hydroxyl groups excluding tert-OH is 1. The molecule has 1 rings (SSSR count). The molecule has 0 spiro atoms. The molecule has 0 aliphatic carbocycles. The molecule has 3 heteroatoms. The van der Waals surface area contributed by atoms with Gasteiger partial charge in [-0.2, -0.15) is 5.26 Å². The molecule has 0 radical (unpaired) electrons. The zero-order valence-corrected chi connectivity index (χ0v) is 9.56. The first-order valence-corrected chi connectivity index (χ1v) is 5.61. The Morgan fingerprint density at radius 1 is 1.38 bits per heavy atom. The highest BCUT2D eigenvalue weighted by Crippen LogP contribution is 2.15. The number of hydrogen-bond donors (Lipinski definition) is 2. The van der Waals surface area contributed by atoms with Gasteiger partial charge in [0.15, 0.2) is 0 Å². The average Bonchev–Trinajstić information content (AvgIpc) is 2.35. The fourth-order valence-electron chi connectivity index (χ4n) is 1.51. The van der Waals surface area contributed by atoms with E-state index in [1.54, 1.807) is 0 Å². The van der Waals surface area contributed by atoms with Crippen LogP contribution < -0.4 is 5.32 Å². The molecule has 0 bridgehead atoms. The summed E-state index contributed by atoms with van der Waals surface area (Å²) in [7, 11) is 0. The molecular formula is C13H18N2O. The Bertz CT molecular complexity index is 332. The van der Waals surface area contributed by atoms with Gasteiger partial charge in [-0.15, -0.1) is 0 Å². The van der Waals surface area contributed by atoms with Crippen LogP contribution >= 0.6 is 0 Å². The molecule has 2 unspecified atom stereocenters. The molecule has 0 heterocycles. The Morgan fingerprint density at radius 3 is 2.62 bits per heavy atom. The Kier molecular flexibility index (Phi) is 5.55. The maximum absolute atomic E-state index is 9.48. The maximum Gasteiger partial charge on any atom is 0.0662 e. The topological polar surface area (TPSA) is 56.0 Å². The summed E-state index contributed by atoms with van der Waals surface area (Å²) < 4.78 is 0. The molecule has 2 atom stereocenters. The maximum atomic E-state index is 9.48. The summed E-state index contributed by atoms with van der Waals surface area (Å²) in [6, 6.07) is 12.0. The number of rotatable bonds is 6. The van der Waals surface area contributed by atoms with Gasteiger partial charge in [0.2, 0.25) is 0 Å². The Balaban J connectivity index is 2.58. The average molecular weight is 218 g/mol. The van der Waals surface area contributed by atoms with Crippen molar-refractivity contribution in [2.24, 2.45) is 0 Å². The van der Waals surface area contributed by atoms with Crippen LogP contribution in [0.4, 0.5) is 0 Å². The van der Waals surface area contributed by atoms with Crippen LogP contribution in [0.25, 0.3) is 0 Å². The van der Waals surface area contributed by atoms with Crippen molar-refractivity contribution in [2.45, 2.75) is 31.9 Å². The van der Waals surface area contributed by atoms with Gasteiger partial charge in [-0.05, 0) is 12.0 Å². The molecule has 0 fully saturated rings. The minimum Gasteiger partial charge on any atom is -0.392 e. The Hall–Kier alpha value is -1.37. The summed E-state index contributed by atoms with van der Waals surface area (Å²) in [6.07, 6.45) is 0.798. The highest BCUT2D eigenvalue weighted by Gasteiger charge is 2.11. The minimum atomic E-state index is -0.343.